The van der Waals surface area contributed by atoms with E-state index in [0.29, 0.717) is 12.2 Å². The van der Waals surface area contributed by atoms with E-state index >= 15 is 0 Å². The van der Waals surface area contributed by atoms with Crippen molar-refractivity contribution >= 4 is 32.5 Å². The van der Waals surface area contributed by atoms with Gasteiger partial charge in [0.25, 0.3) is 0 Å². The molecule has 1 radical (unpaired) electrons. The van der Waals surface area contributed by atoms with Crippen LogP contribution in [0.1, 0.15) is 47.5 Å². The van der Waals surface area contributed by atoms with Gasteiger partial charge in [0, 0.05) is 18.8 Å². The van der Waals surface area contributed by atoms with Crippen LogP contribution in [0.15, 0.2) is 0 Å². The highest BCUT2D eigenvalue weighted by Gasteiger charge is 2.06. The quantitative estimate of drug-likeness (QED) is 0.641. The van der Waals surface area contributed by atoms with E-state index in [-0.39, 0.29) is 15.9 Å². The molecular weight excluding hydrogens is 222 g/mol. The zero-order chi connectivity index (χ0) is 12.1. The normalized spacial score (nSPS) is 13.7. The van der Waals surface area contributed by atoms with Crippen molar-refractivity contribution in [3.8, 4) is 0 Å². The van der Waals surface area contributed by atoms with Crippen molar-refractivity contribution in [3.05, 3.63) is 0 Å². The fourth-order valence-corrected chi connectivity index (χ4v) is 1.24. The summed E-state index contributed by atoms with van der Waals surface area (Å²) in [5, 5.41) is 0. The van der Waals surface area contributed by atoms with Crippen LogP contribution in [0.25, 0.3) is 0 Å². The predicted molar refractivity (Wildman–Crippen MR) is 67.6 cm³/mol. The second-order valence-electron chi connectivity index (χ2n) is 3.38. The third-order valence-corrected chi connectivity index (χ3v) is 3.74. The van der Waals surface area contributed by atoms with E-state index < -0.39 is 0 Å². The molecule has 89 valence electrons. The van der Waals surface area contributed by atoms with Gasteiger partial charge in [-0.05, 0) is 33.6 Å². The van der Waals surface area contributed by atoms with E-state index in [4.69, 9.17) is 7.58 Å². The predicted octanol–water partition coefficient (Wildman–Crippen LogP) is 1.72. The van der Waals surface area contributed by atoms with Gasteiger partial charge in [-0.1, -0.05) is 13.8 Å². The Morgan fingerprint density at radius 2 is 1.33 bits per heavy atom. The Labute approximate surface area is 110 Å². The molecule has 0 aliphatic carbocycles. The van der Waals surface area contributed by atoms with E-state index in [1.807, 2.05) is 6.92 Å². The molecule has 0 aromatic heterocycles. The smallest absolute Gasteiger partial charge is 0.506 e. The second-order valence-corrected chi connectivity index (χ2v) is 4.70. The molecule has 5 heteroatoms. The molecule has 0 saturated heterocycles. The van der Waals surface area contributed by atoms with Crippen LogP contribution in [-0.4, -0.2) is 51.3 Å². The number of rotatable bonds is 7. The summed E-state index contributed by atoms with van der Waals surface area (Å²) in [4.78, 5) is 0. The maximum absolute atomic E-state index is 5.42. The van der Waals surface area contributed by atoms with E-state index in [0.717, 1.165) is 36.1 Å². The summed E-state index contributed by atoms with van der Waals surface area (Å²) in [6, 6.07) is 0. The van der Waals surface area contributed by atoms with Crippen LogP contribution in [0.2, 0.25) is 0 Å². The van der Waals surface area contributed by atoms with Gasteiger partial charge in [-0.3, -0.25) is 0 Å². The Hall–Kier alpha value is 0.945. The molecule has 0 aliphatic heterocycles. The molecule has 0 spiro atoms. The molecule has 0 fully saturated rings. The highest BCUT2D eigenvalue weighted by Crippen LogP contribution is 1.98. The Kier molecular flexibility index (Phi) is 18.2. The minimum atomic E-state index is -0.250. The molecule has 2 unspecified atom stereocenters. The van der Waals surface area contributed by atoms with Gasteiger partial charge in [-0.25, -0.2) is 0 Å². The zero-order valence-electron chi connectivity index (χ0n) is 11.1. The highest BCUT2D eigenvalue weighted by molar-refractivity contribution is 6.18. The Bertz CT molecular complexity index is 103. The molecule has 0 aromatic carbocycles. The standard InChI is InChI=1S/2C4H9O.C2H5O.2Al.2H/c2*1-3-4(2)5;1-2-3;;;;/h2*4H,3H2,1-2H3;2H2,1H3;;;;/q3*-1;+1;+2;;. The topological polar surface area (TPSA) is 27.7 Å². The molecule has 0 rings (SSSR count). The Balaban J connectivity index is 0. The molecule has 0 amide bonds. The van der Waals surface area contributed by atoms with Gasteiger partial charge in [0.2, 0.25) is 0 Å². The lowest BCUT2D eigenvalue weighted by Crippen LogP contribution is -2.17. The van der Waals surface area contributed by atoms with Crippen molar-refractivity contribution in [2.75, 3.05) is 6.61 Å². The van der Waals surface area contributed by atoms with Crippen LogP contribution in [0.3, 0.4) is 0 Å². The zero-order valence-corrected chi connectivity index (χ0v) is 14.2. The largest absolute Gasteiger partial charge is 0.668 e. The summed E-state index contributed by atoms with van der Waals surface area (Å²) in [6.07, 6.45) is 2.84. The van der Waals surface area contributed by atoms with Gasteiger partial charge in [-0.2, -0.15) is 0 Å². The van der Waals surface area contributed by atoms with Gasteiger partial charge in [-0.15, -0.1) is 0 Å². The van der Waals surface area contributed by atoms with E-state index in [9.17, 15) is 0 Å². The van der Waals surface area contributed by atoms with Gasteiger partial charge in [0.15, 0.2) is 0 Å². The monoisotopic (exact) mass is 247 g/mol. The molecule has 0 aromatic rings. The number of hydrogen-bond acceptors (Lipinski definition) is 3. The minimum absolute atomic E-state index is 0.250. The summed E-state index contributed by atoms with van der Waals surface area (Å²) in [5.74, 6) is 0. The summed E-state index contributed by atoms with van der Waals surface area (Å²) >= 11 is 0.640. The molecule has 0 N–H and O–H groups in total. The SMILES string of the molecule is CCC(C)[O][Al][O]C(C)CC.CC[O][AlH2]. The minimum Gasteiger partial charge on any atom is -0.506 e. The van der Waals surface area contributed by atoms with Crippen molar-refractivity contribution in [2.24, 2.45) is 0 Å². The third-order valence-electron chi connectivity index (χ3n) is 2.01. The molecule has 0 bridgehead atoms. The van der Waals surface area contributed by atoms with Crippen LogP contribution in [-0.2, 0) is 11.4 Å². The lowest BCUT2D eigenvalue weighted by Gasteiger charge is -2.13. The third kappa shape index (κ3) is 17.6. The number of hydrogen-bond donors (Lipinski definition) is 0. The van der Waals surface area contributed by atoms with Crippen molar-refractivity contribution in [3.63, 3.8) is 0 Å². The fourth-order valence-electron chi connectivity index (χ4n) is 0.414. The van der Waals surface area contributed by atoms with Crippen LogP contribution in [0, 0.1) is 0 Å². The second kappa shape index (κ2) is 14.9. The van der Waals surface area contributed by atoms with Crippen molar-refractivity contribution in [1.82, 2.24) is 0 Å². The van der Waals surface area contributed by atoms with E-state index in [1.54, 1.807) is 0 Å². The first kappa shape index (κ1) is 18.3. The average Bonchev–Trinajstić information content (AvgIpc) is 2.28. The molecule has 3 nitrogen and oxygen atoms in total. The van der Waals surface area contributed by atoms with Crippen LogP contribution >= 0.6 is 0 Å². The van der Waals surface area contributed by atoms with E-state index in [2.05, 4.69) is 31.5 Å². The van der Waals surface area contributed by atoms with Crippen LogP contribution < -0.4 is 0 Å². The molecule has 15 heavy (non-hydrogen) atoms. The Morgan fingerprint density at radius 3 is 1.53 bits per heavy atom. The van der Waals surface area contributed by atoms with E-state index in [1.165, 1.54) is 0 Å². The summed E-state index contributed by atoms with van der Waals surface area (Å²) < 4.78 is 15.5. The van der Waals surface area contributed by atoms with Crippen LogP contribution in [0.5, 0.6) is 0 Å². The molecule has 2 atom stereocenters. The van der Waals surface area contributed by atoms with Gasteiger partial charge in [0.05, 0.1) is 0 Å². The van der Waals surface area contributed by atoms with Crippen molar-refractivity contribution in [2.45, 2.75) is 59.7 Å². The maximum Gasteiger partial charge on any atom is 0.668 e. The van der Waals surface area contributed by atoms with Crippen LogP contribution in [0.4, 0.5) is 0 Å². The molecule has 0 aliphatic rings. The molecule has 0 heterocycles. The van der Waals surface area contributed by atoms with Gasteiger partial charge in [0.1, 0.15) is 0 Å². The lowest BCUT2D eigenvalue weighted by molar-refractivity contribution is 0.131. The lowest BCUT2D eigenvalue weighted by atomic mass is 10.3. The van der Waals surface area contributed by atoms with Gasteiger partial charge >= 0.3 is 32.5 Å². The molecule has 0 saturated carbocycles. The first-order chi connectivity index (χ1) is 7.12. The van der Waals surface area contributed by atoms with Crippen molar-refractivity contribution < 1.29 is 11.4 Å². The van der Waals surface area contributed by atoms with Gasteiger partial charge < -0.3 is 11.4 Å². The highest BCUT2D eigenvalue weighted by atomic mass is 27.2. The average molecular weight is 247 g/mol. The summed E-state index contributed by atoms with van der Waals surface area (Å²) in [7, 11) is 0. The summed E-state index contributed by atoms with van der Waals surface area (Å²) in [6.45, 7) is 11.3. The molecular formula is C10H25Al2O3. The Morgan fingerprint density at radius 1 is 1.00 bits per heavy atom. The maximum atomic E-state index is 5.42. The first-order valence-electron chi connectivity index (χ1n) is 5.73. The fraction of sp³-hybridized carbons (Fsp3) is 1.00. The van der Waals surface area contributed by atoms with Crippen molar-refractivity contribution in [1.29, 1.82) is 0 Å². The first-order valence-corrected chi connectivity index (χ1v) is 7.49. The summed E-state index contributed by atoms with van der Waals surface area (Å²) in [5.41, 5.74) is 0.